The van der Waals surface area contributed by atoms with Gasteiger partial charge < -0.3 is 15.0 Å². The highest BCUT2D eigenvalue weighted by atomic mass is 19.1. The molecule has 1 N–H and O–H groups in total. The Kier molecular flexibility index (Phi) is 9.06. The Labute approximate surface area is 187 Å². The van der Waals surface area contributed by atoms with Gasteiger partial charge in [0.1, 0.15) is 11.5 Å². The molecular weight excluding hydrogens is 413 g/mol. The zero-order valence-corrected chi connectivity index (χ0v) is 18.4. The van der Waals surface area contributed by atoms with Gasteiger partial charge in [0.15, 0.2) is 0 Å². The zero-order valence-electron chi connectivity index (χ0n) is 18.4. The van der Waals surface area contributed by atoms with Crippen molar-refractivity contribution in [3.8, 4) is 0 Å². The summed E-state index contributed by atoms with van der Waals surface area (Å²) in [5.41, 5.74) is 1.69. The van der Waals surface area contributed by atoms with Gasteiger partial charge in [-0.3, -0.25) is 19.5 Å². The minimum absolute atomic E-state index is 0.112. The Morgan fingerprint density at radius 3 is 2.59 bits per heavy atom. The Morgan fingerprint density at radius 2 is 1.91 bits per heavy atom. The van der Waals surface area contributed by atoms with E-state index >= 15 is 0 Å². The van der Waals surface area contributed by atoms with Crippen molar-refractivity contribution in [2.24, 2.45) is 0 Å². The van der Waals surface area contributed by atoms with E-state index in [1.165, 1.54) is 24.5 Å². The molecule has 0 radical (unpaired) electrons. The summed E-state index contributed by atoms with van der Waals surface area (Å²) >= 11 is 0. The van der Waals surface area contributed by atoms with Crippen molar-refractivity contribution in [2.45, 2.75) is 26.3 Å². The maximum atomic E-state index is 13.2. The lowest BCUT2D eigenvalue weighted by Gasteiger charge is -2.26. The second-order valence-electron chi connectivity index (χ2n) is 7.80. The minimum atomic E-state index is -0.340. The van der Waals surface area contributed by atoms with Crippen molar-refractivity contribution in [3.63, 3.8) is 0 Å². The topological polar surface area (TPSA) is 87.7 Å². The SMILES string of the molecule is Cc1cnc(C(=O)N(CCC(=O)NCCCN2CCOCC2)Cc2ccc(F)cc2)cn1. The normalized spacial score (nSPS) is 14.2. The number of rotatable bonds is 10. The van der Waals surface area contributed by atoms with Gasteiger partial charge in [0.25, 0.3) is 5.91 Å². The van der Waals surface area contributed by atoms with Crippen LogP contribution in [0.15, 0.2) is 36.7 Å². The first-order valence-corrected chi connectivity index (χ1v) is 10.9. The molecule has 172 valence electrons. The van der Waals surface area contributed by atoms with Crippen molar-refractivity contribution in [1.29, 1.82) is 0 Å². The number of halogens is 1. The number of morpholine rings is 1. The first-order chi connectivity index (χ1) is 15.5. The highest BCUT2D eigenvalue weighted by molar-refractivity contribution is 5.92. The molecule has 0 atom stereocenters. The van der Waals surface area contributed by atoms with Crippen LogP contribution >= 0.6 is 0 Å². The first-order valence-electron chi connectivity index (χ1n) is 10.9. The molecule has 0 spiro atoms. The number of ether oxygens (including phenoxy) is 1. The van der Waals surface area contributed by atoms with Gasteiger partial charge in [-0.2, -0.15) is 0 Å². The number of amides is 2. The molecule has 1 aliphatic rings. The fraction of sp³-hybridized carbons (Fsp3) is 0.478. The zero-order chi connectivity index (χ0) is 22.8. The van der Waals surface area contributed by atoms with Crippen LogP contribution in [-0.4, -0.2) is 77.5 Å². The molecule has 0 aliphatic carbocycles. The molecule has 9 heteroatoms. The van der Waals surface area contributed by atoms with Crippen LogP contribution in [0.2, 0.25) is 0 Å². The van der Waals surface area contributed by atoms with E-state index in [1.54, 1.807) is 24.0 Å². The smallest absolute Gasteiger partial charge is 0.274 e. The number of hydrogen-bond donors (Lipinski definition) is 1. The van der Waals surface area contributed by atoms with E-state index in [2.05, 4.69) is 20.2 Å². The fourth-order valence-electron chi connectivity index (χ4n) is 3.41. The predicted octanol–water partition coefficient (Wildman–Crippen LogP) is 1.80. The van der Waals surface area contributed by atoms with E-state index in [-0.39, 0.29) is 42.8 Å². The molecule has 0 unspecified atom stereocenters. The molecule has 2 heterocycles. The minimum Gasteiger partial charge on any atom is -0.379 e. The average Bonchev–Trinajstić information content (AvgIpc) is 2.81. The lowest BCUT2D eigenvalue weighted by molar-refractivity contribution is -0.121. The highest BCUT2D eigenvalue weighted by Crippen LogP contribution is 2.11. The summed E-state index contributed by atoms with van der Waals surface area (Å²) in [7, 11) is 0. The second-order valence-corrected chi connectivity index (χ2v) is 7.80. The average molecular weight is 444 g/mol. The second kappa shape index (κ2) is 12.2. The molecular formula is C23H30FN5O3. The first kappa shape index (κ1) is 23.7. The van der Waals surface area contributed by atoms with Crippen LogP contribution < -0.4 is 5.32 Å². The van der Waals surface area contributed by atoms with Crippen LogP contribution in [0.5, 0.6) is 0 Å². The van der Waals surface area contributed by atoms with Crippen molar-refractivity contribution in [3.05, 3.63) is 59.4 Å². The Bertz CT molecular complexity index is 870. The Morgan fingerprint density at radius 1 is 1.16 bits per heavy atom. The molecule has 1 aliphatic heterocycles. The van der Waals surface area contributed by atoms with Crippen molar-refractivity contribution >= 4 is 11.8 Å². The summed E-state index contributed by atoms with van der Waals surface area (Å²) in [5, 5.41) is 2.92. The molecule has 0 bridgehead atoms. The van der Waals surface area contributed by atoms with Gasteiger partial charge in [0.2, 0.25) is 5.91 Å². The molecule has 32 heavy (non-hydrogen) atoms. The number of carbonyl (C=O) groups is 2. The molecule has 2 amide bonds. The fourth-order valence-corrected chi connectivity index (χ4v) is 3.41. The number of nitrogens with zero attached hydrogens (tertiary/aromatic N) is 4. The molecule has 3 rings (SSSR count). The van der Waals surface area contributed by atoms with Gasteiger partial charge in [-0.1, -0.05) is 12.1 Å². The van der Waals surface area contributed by atoms with Crippen LogP contribution in [-0.2, 0) is 16.1 Å². The van der Waals surface area contributed by atoms with Crippen LogP contribution in [0.4, 0.5) is 4.39 Å². The number of nitrogens with one attached hydrogen (secondary N) is 1. The Balaban J connectivity index is 1.51. The number of carbonyl (C=O) groups excluding carboxylic acids is 2. The summed E-state index contributed by atoms with van der Waals surface area (Å²) in [6.07, 6.45) is 4.00. The standard InChI is InChI=1S/C23H30FN5O3/c1-18-15-27-21(16-26-18)23(31)29(17-19-3-5-20(24)6-4-19)10-7-22(30)25-8-2-9-28-11-13-32-14-12-28/h3-6,15-16H,2,7-14,17H2,1H3,(H,25,30). The summed E-state index contributed by atoms with van der Waals surface area (Å²) < 4.78 is 18.6. The van der Waals surface area contributed by atoms with E-state index in [9.17, 15) is 14.0 Å². The van der Waals surface area contributed by atoms with Gasteiger partial charge in [0, 0.05) is 45.3 Å². The van der Waals surface area contributed by atoms with Crippen LogP contribution in [0.3, 0.4) is 0 Å². The van der Waals surface area contributed by atoms with Crippen molar-refractivity contribution in [1.82, 2.24) is 25.1 Å². The lowest BCUT2D eigenvalue weighted by atomic mass is 10.2. The summed E-state index contributed by atoms with van der Waals surface area (Å²) in [5.74, 6) is -0.770. The third-order valence-corrected chi connectivity index (χ3v) is 5.26. The van der Waals surface area contributed by atoms with Crippen LogP contribution in [0.25, 0.3) is 0 Å². The van der Waals surface area contributed by atoms with E-state index < -0.39 is 0 Å². The third kappa shape index (κ3) is 7.65. The van der Waals surface area contributed by atoms with Crippen LogP contribution in [0.1, 0.15) is 34.6 Å². The van der Waals surface area contributed by atoms with E-state index in [4.69, 9.17) is 4.74 Å². The molecule has 1 aromatic heterocycles. The number of aromatic nitrogens is 2. The van der Waals surface area contributed by atoms with Gasteiger partial charge >= 0.3 is 0 Å². The predicted molar refractivity (Wildman–Crippen MR) is 117 cm³/mol. The molecule has 0 saturated carbocycles. The van der Waals surface area contributed by atoms with Gasteiger partial charge in [-0.25, -0.2) is 9.37 Å². The maximum absolute atomic E-state index is 13.2. The van der Waals surface area contributed by atoms with Gasteiger partial charge in [-0.15, -0.1) is 0 Å². The number of hydrogen-bond acceptors (Lipinski definition) is 6. The summed E-state index contributed by atoms with van der Waals surface area (Å²) in [6, 6.07) is 5.96. The Hall–Kier alpha value is -2.91. The summed E-state index contributed by atoms with van der Waals surface area (Å²) in [6.45, 7) is 7.15. The third-order valence-electron chi connectivity index (χ3n) is 5.26. The number of aryl methyl sites for hydroxylation is 1. The van der Waals surface area contributed by atoms with Gasteiger partial charge in [-0.05, 0) is 37.6 Å². The quantitative estimate of drug-likeness (QED) is 0.564. The van der Waals surface area contributed by atoms with Crippen molar-refractivity contribution in [2.75, 3.05) is 45.9 Å². The monoisotopic (exact) mass is 443 g/mol. The number of benzene rings is 1. The van der Waals surface area contributed by atoms with Gasteiger partial charge in [0.05, 0.1) is 25.1 Å². The summed E-state index contributed by atoms with van der Waals surface area (Å²) in [4.78, 5) is 37.5. The molecule has 8 nitrogen and oxygen atoms in total. The molecule has 1 aromatic carbocycles. The molecule has 1 fully saturated rings. The van der Waals surface area contributed by atoms with Crippen molar-refractivity contribution < 1.29 is 18.7 Å². The lowest BCUT2D eigenvalue weighted by Crippen LogP contribution is -2.38. The largest absolute Gasteiger partial charge is 0.379 e. The van der Waals surface area contributed by atoms with E-state index in [0.717, 1.165) is 44.8 Å². The molecule has 1 saturated heterocycles. The van der Waals surface area contributed by atoms with E-state index in [1.807, 2.05) is 0 Å². The highest BCUT2D eigenvalue weighted by Gasteiger charge is 2.19. The van der Waals surface area contributed by atoms with E-state index in [0.29, 0.717) is 12.2 Å². The maximum Gasteiger partial charge on any atom is 0.274 e. The van der Waals surface area contributed by atoms with Crippen LogP contribution in [0, 0.1) is 12.7 Å². The molecule has 2 aromatic rings.